The fraction of sp³-hybridized carbons (Fsp3) is 0.955. The van der Waals surface area contributed by atoms with E-state index in [1.807, 2.05) is 0 Å². The van der Waals surface area contributed by atoms with Gasteiger partial charge in [-0.3, -0.25) is 4.79 Å². The van der Waals surface area contributed by atoms with Gasteiger partial charge >= 0.3 is 7.12 Å². The van der Waals surface area contributed by atoms with E-state index in [9.17, 15) is 14.8 Å². The van der Waals surface area contributed by atoms with Gasteiger partial charge in [0.05, 0.1) is 0 Å². The molecule has 4 fully saturated rings. The summed E-state index contributed by atoms with van der Waals surface area (Å²) in [5.74, 6) is 3.02. The van der Waals surface area contributed by atoms with E-state index in [4.69, 9.17) is 5.73 Å². The van der Waals surface area contributed by atoms with Crippen molar-refractivity contribution < 1.29 is 14.8 Å². The third-order valence-corrected chi connectivity index (χ3v) is 8.80. The summed E-state index contributed by atoms with van der Waals surface area (Å²) < 4.78 is 0. The molecule has 2 saturated heterocycles. The average molecular weight is 405 g/mol. The van der Waals surface area contributed by atoms with Crippen LogP contribution >= 0.6 is 0 Å². The molecule has 1 amide bonds. The normalized spacial score (nSPS) is 39.1. The number of carbonyl (C=O) groups excluding carboxylic acids is 1. The molecule has 2 saturated carbocycles. The molecule has 2 aliphatic carbocycles. The monoisotopic (exact) mass is 405 g/mol. The first kappa shape index (κ1) is 21.6. The Morgan fingerprint density at radius 2 is 1.72 bits per heavy atom. The van der Waals surface area contributed by atoms with Gasteiger partial charge in [-0.1, -0.05) is 25.7 Å². The van der Waals surface area contributed by atoms with Crippen LogP contribution in [0.5, 0.6) is 0 Å². The van der Waals surface area contributed by atoms with E-state index < -0.39 is 7.12 Å². The van der Waals surface area contributed by atoms with Crippen LogP contribution in [0.3, 0.4) is 0 Å². The minimum absolute atomic E-state index is 0.0515. The molecule has 29 heavy (non-hydrogen) atoms. The zero-order valence-corrected chi connectivity index (χ0v) is 17.8. The van der Waals surface area contributed by atoms with Crippen LogP contribution in [0, 0.1) is 35.5 Å². The molecule has 6 atom stereocenters. The summed E-state index contributed by atoms with van der Waals surface area (Å²) in [7, 11) is -1.28. The highest BCUT2D eigenvalue weighted by molar-refractivity contribution is 6.43. The highest BCUT2D eigenvalue weighted by Crippen LogP contribution is 2.45. The third kappa shape index (κ3) is 4.68. The van der Waals surface area contributed by atoms with E-state index in [0.29, 0.717) is 18.4 Å². The minimum atomic E-state index is -1.28. The van der Waals surface area contributed by atoms with E-state index in [0.717, 1.165) is 70.1 Å². The van der Waals surface area contributed by atoms with Crippen molar-refractivity contribution in [1.29, 1.82) is 0 Å². The number of likely N-dealkylation sites (tertiary alicyclic amines) is 1. The molecule has 4 rings (SSSR count). The van der Waals surface area contributed by atoms with Gasteiger partial charge in [0.25, 0.3) is 0 Å². The zero-order chi connectivity index (χ0) is 20.4. The Morgan fingerprint density at radius 1 is 0.966 bits per heavy atom. The maximum atomic E-state index is 13.4. The Kier molecular flexibility index (Phi) is 7.20. The van der Waals surface area contributed by atoms with Crippen LogP contribution in [0.4, 0.5) is 0 Å². The molecule has 0 aromatic heterocycles. The number of piperidine rings is 2. The molecule has 2 heterocycles. The number of carbonyl (C=O) groups is 1. The molecule has 0 aromatic carbocycles. The Labute approximate surface area is 176 Å². The molecule has 5 N–H and O–H groups in total. The summed E-state index contributed by atoms with van der Waals surface area (Å²) in [6.07, 6.45) is 10.5. The molecule has 6 nitrogen and oxygen atoms in total. The van der Waals surface area contributed by atoms with Gasteiger partial charge in [-0.25, -0.2) is 0 Å². The van der Waals surface area contributed by atoms with E-state index in [-0.39, 0.29) is 23.6 Å². The molecule has 2 aliphatic heterocycles. The predicted molar refractivity (Wildman–Crippen MR) is 115 cm³/mol. The number of nitrogens with zero attached hydrogens (tertiary/aromatic N) is 1. The highest BCUT2D eigenvalue weighted by Gasteiger charge is 2.47. The fourth-order valence-corrected chi connectivity index (χ4v) is 7.13. The lowest BCUT2D eigenvalue weighted by atomic mass is 9.55. The molecule has 0 aromatic rings. The lowest BCUT2D eigenvalue weighted by molar-refractivity contribution is -0.142. The fourth-order valence-electron chi connectivity index (χ4n) is 7.13. The van der Waals surface area contributed by atoms with Gasteiger partial charge in [0.1, 0.15) is 0 Å². The quantitative estimate of drug-likeness (QED) is 0.531. The van der Waals surface area contributed by atoms with Crippen molar-refractivity contribution in [1.82, 2.24) is 10.2 Å². The summed E-state index contributed by atoms with van der Waals surface area (Å²) in [6.45, 7) is 4.12. The average Bonchev–Trinajstić information content (AvgIpc) is 2.77. The second-order valence-electron chi connectivity index (χ2n) is 10.3. The summed E-state index contributed by atoms with van der Waals surface area (Å²) in [5.41, 5.74) is 5.93. The van der Waals surface area contributed by atoms with Crippen molar-refractivity contribution >= 4 is 13.0 Å². The molecular formula is C22H40BN3O3. The van der Waals surface area contributed by atoms with Crippen LogP contribution in [0.1, 0.15) is 57.8 Å². The van der Waals surface area contributed by atoms with Crippen LogP contribution in [0.2, 0.25) is 5.82 Å². The van der Waals surface area contributed by atoms with Crippen molar-refractivity contribution in [2.24, 2.45) is 41.2 Å². The van der Waals surface area contributed by atoms with Crippen LogP contribution in [0.15, 0.2) is 0 Å². The van der Waals surface area contributed by atoms with Crippen LogP contribution < -0.4 is 11.1 Å². The smallest absolute Gasteiger partial charge is 0.427 e. The number of hydrogen-bond acceptors (Lipinski definition) is 5. The molecule has 164 valence electrons. The largest absolute Gasteiger partial charge is 0.456 e. The SMILES string of the molecule is NCC1CCCC(C2CCN(C(=O)C3CCCC4C(B(O)O)CNCC34)CC2)C1. The summed E-state index contributed by atoms with van der Waals surface area (Å²) in [6, 6.07) is 0. The van der Waals surface area contributed by atoms with E-state index in [2.05, 4.69) is 10.2 Å². The minimum Gasteiger partial charge on any atom is -0.427 e. The molecule has 0 bridgehead atoms. The number of nitrogens with two attached hydrogens (primary N) is 1. The van der Waals surface area contributed by atoms with Crippen molar-refractivity contribution in [3.63, 3.8) is 0 Å². The molecular weight excluding hydrogens is 365 g/mol. The Morgan fingerprint density at radius 3 is 2.45 bits per heavy atom. The van der Waals surface area contributed by atoms with E-state index >= 15 is 0 Å². The molecule has 0 radical (unpaired) electrons. The Bertz CT molecular complexity index is 555. The first-order chi connectivity index (χ1) is 14.1. The van der Waals surface area contributed by atoms with Gasteiger partial charge in [0.15, 0.2) is 0 Å². The maximum absolute atomic E-state index is 13.4. The van der Waals surface area contributed by atoms with E-state index in [1.54, 1.807) is 0 Å². The van der Waals surface area contributed by atoms with E-state index in [1.165, 1.54) is 25.7 Å². The highest BCUT2D eigenvalue weighted by atomic mass is 16.4. The predicted octanol–water partition coefficient (Wildman–Crippen LogP) is 1.47. The van der Waals surface area contributed by atoms with Crippen LogP contribution in [-0.2, 0) is 4.79 Å². The van der Waals surface area contributed by atoms with Gasteiger partial charge in [-0.15, -0.1) is 0 Å². The zero-order valence-electron chi connectivity index (χ0n) is 17.8. The van der Waals surface area contributed by atoms with Gasteiger partial charge < -0.3 is 26.0 Å². The number of fused-ring (bicyclic) bond motifs is 1. The number of hydrogen-bond donors (Lipinski definition) is 4. The van der Waals surface area contributed by atoms with Crippen molar-refractivity contribution in [2.45, 2.75) is 63.6 Å². The summed E-state index contributed by atoms with van der Waals surface area (Å²) in [5, 5.41) is 22.9. The number of nitrogens with one attached hydrogen (secondary N) is 1. The number of rotatable bonds is 4. The second-order valence-corrected chi connectivity index (χ2v) is 10.3. The lowest BCUT2D eigenvalue weighted by Crippen LogP contribution is -2.54. The molecule has 6 unspecified atom stereocenters. The number of amides is 1. The second kappa shape index (κ2) is 9.67. The van der Waals surface area contributed by atoms with Crippen molar-refractivity contribution in [2.75, 3.05) is 32.7 Å². The van der Waals surface area contributed by atoms with Crippen molar-refractivity contribution in [3.8, 4) is 0 Å². The lowest BCUT2D eigenvalue weighted by Gasteiger charge is -2.47. The van der Waals surface area contributed by atoms with Crippen molar-refractivity contribution in [3.05, 3.63) is 0 Å². The molecule has 0 spiro atoms. The molecule has 7 heteroatoms. The van der Waals surface area contributed by atoms with Gasteiger partial charge in [-0.2, -0.15) is 0 Å². The standard InChI is InChI=1S/C22H40BN3O3/c24-12-15-3-1-4-17(11-15)16-7-9-26(10-8-16)22(27)19-6-2-5-18-20(19)13-25-14-21(18)23(28)29/h15-21,25,28-29H,1-14,24H2. The van der Waals surface area contributed by atoms with Gasteiger partial charge in [-0.05, 0) is 81.3 Å². The maximum Gasteiger partial charge on any atom is 0.456 e. The third-order valence-electron chi connectivity index (χ3n) is 8.80. The topological polar surface area (TPSA) is 98.8 Å². The first-order valence-corrected chi connectivity index (χ1v) is 12.1. The first-order valence-electron chi connectivity index (χ1n) is 12.1. The summed E-state index contributed by atoms with van der Waals surface area (Å²) >= 11 is 0. The van der Waals surface area contributed by atoms with Gasteiger partial charge in [0.2, 0.25) is 5.91 Å². The van der Waals surface area contributed by atoms with Gasteiger partial charge in [0, 0.05) is 24.8 Å². The Balaban J connectivity index is 1.33. The summed E-state index contributed by atoms with van der Waals surface area (Å²) in [4.78, 5) is 15.6. The van der Waals surface area contributed by atoms with Crippen LogP contribution in [-0.4, -0.2) is 60.7 Å². The van der Waals surface area contributed by atoms with Crippen LogP contribution in [0.25, 0.3) is 0 Å². The molecule has 4 aliphatic rings. The Hall–Kier alpha value is -0.625.